The molecule has 0 aromatic carbocycles. The van der Waals surface area contributed by atoms with Gasteiger partial charge in [-0.05, 0) is 19.3 Å². The van der Waals surface area contributed by atoms with E-state index in [0.717, 1.165) is 24.2 Å². The first-order chi connectivity index (χ1) is 9.00. The van der Waals surface area contributed by atoms with Gasteiger partial charge in [0.1, 0.15) is 11.6 Å². The summed E-state index contributed by atoms with van der Waals surface area (Å²) in [7, 11) is 0. The first-order valence-electron chi connectivity index (χ1n) is 6.91. The molecule has 1 aliphatic heterocycles. The van der Waals surface area contributed by atoms with E-state index in [1.54, 1.807) is 6.92 Å². The number of alkyl halides is 2. The van der Waals surface area contributed by atoms with Crippen LogP contribution in [0.25, 0.3) is 0 Å². The molecule has 1 unspecified atom stereocenters. The van der Waals surface area contributed by atoms with Gasteiger partial charge in [-0.2, -0.15) is 0 Å². The van der Waals surface area contributed by atoms with Crippen molar-refractivity contribution < 1.29 is 18.4 Å². The molecule has 108 valence electrons. The van der Waals surface area contributed by atoms with Gasteiger partial charge in [0.15, 0.2) is 0 Å². The van der Waals surface area contributed by atoms with E-state index < -0.39 is 24.6 Å². The molecule has 0 aromatic heterocycles. The van der Waals surface area contributed by atoms with Crippen LogP contribution in [0.5, 0.6) is 0 Å². The van der Waals surface area contributed by atoms with Gasteiger partial charge in [0.25, 0.3) is 6.43 Å². The van der Waals surface area contributed by atoms with E-state index in [1.165, 1.54) is 0 Å². The van der Waals surface area contributed by atoms with Crippen LogP contribution in [0.15, 0.2) is 0 Å². The minimum absolute atomic E-state index is 0.287. The fourth-order valence-electron chi connectivity index (χ4n) is 3.19. The van der Waals surface area contributed by atoms with Crippen LogP contribution >= 0.6 is 0 Å². The lowest BCUT2D eigenvalue weighted by Crippen LogP contribution is -2.71. The monoisotopic (exact) mass is 274 g/mol. The SMILES string of the molecule is CCC1C(=O)NC2(CCCCC2)C(=O)N1CC(F)F. The molecule has 0 aromatic rings. The number of carbonyl (C=O) groups excluding carboxylic acids is 2. The molecule has 6 heteroatoms. The average molecular weight is 274 g/mol. The predicted octanol–water partition coefficient (Wildman–Crippen LogP) is 1.69. The van der Waals surface area contributed by atoms with E-state index in [9.17, 15) is 18.4 Å². The molecular weight excluding hydrogens is 254 g/mol. The Kier molecular flexibility index (Phi) is 4.06. The van der Waals surface area contributed by atoms with Crippen LogP contribution in [-0.4, -0.2) is 41.3 Å². The Bertz CT molecular complexity index is 368. The van der Waals surface area contributed by atoms with Gasteiger partial charge in [-0.3, -0.25) is 9.59 Å². The summed E-state index contributed by atoms with van der Waals surface area (Å²) in [6.07, 6.45) is 1.61. The van der Waals surface area contributed by atoms with Gasteiger partial charge in [0.2, 0.25) is 11.8 Å². The number of carbonyl (C=O) groups is 2. The summed E-state index contributed by atoms with van der Waals surface area (Å²) in [6, 6.07) is -0.756. The molecule has 19 heavy (non-hydrogen) atoms. The minimum atomic E-state index is -2.61. The fraction of sp³-hybridized carbons (Fsp3) is 0.846. The molecule has 1 N–H and O–H groups in total. The maximum absolute atomic E-state index is 12.7. The van der Waals surface area contributed by atoms with Crippen LogP contribution < -0.4 is 5.32 Å². The molecule has 2 aliphatic rings. The lowest BCUT2D eigenvalue weighted by Gasteiger charge is -2.47. The highest BCUT2D eigenvalue weighted by molar-refractivity contribution is 5.99. The average Bonchev–Trinajstić information content (AvgIpc) is 2.37. The molecule has 1 aliphatic carbocycles. The van der Waals surface area contributed by atoms with Crippen LogP contribution in [0, 0.1) is 0 Å². The number of piperazine rings is 1. The summed E-state index contributed by atoms with van der Waals surface area (Å²) in [5, 5.41) is 2.81. The Morgan fingerprint density at radius 3 is 2.47 bits per heavy atom. The molecule has 1 heterocycles. The number of amides is 2. The molecule has 0 radical (unpaired) electrons. The highest BCUT2D eigenvalue weighted by atomic mass is 19.3. The lowest BCUT2D eigenvalue weighted by atomic mass is 9.78. The summed E-state index contributed by atoms with van der Waals surface area (Å²) < 4.78 is 25.3. The van der Waals surface area contributed by atoms with E-state index in [-0.39, 0.29) is 11.8 Å². The number of hydrogen-bond donors (Lipinski definition) is 1. The second-order valence-corrected chi connectivity index (χ2v) is 5.40. The molecule has 1 saturated heterocycles. The topological polar surface area (TPSA) is 49.4 Å². The molecule has 2 fully saturated rings. The molecule has 4 nitrogen and oxygen atoms in total. The summed E-state index contributed by atoms with van der Waals surface area (Å²) in [5.41, 5.74) is -0.921. The van der Waals surface area contributed by atoms with Gasteiger partial charge < -0.3 is 10.2 Å². The zero-order valence-electron chi connectivity index (χ0n) is 11.1. The number of nitrogens with zero attached hydrogens (tertiary/aromatic N) is 1. The predicted molar refractivity (Wildman–Crippen MR) is 65.8 cm³/mol. The van der Waals surface area contributed by atoms with Crippen molar-refractivity contribution in [2.24, 2.45) is 0 Å². The Morgan fingerprint density at radius 2 is 1.95 bits per heavy atom. The fourth-order valence-corrected chi connectivity index (χ4v) is 3.19. The smallest absolute Gasteiger partial charge is 0.255 e. The van der Waals surface area contributed by atoms with Crippen LogP contribution in [-0.2, 0) is 9.59 Å². The molecule has 1 saturated carbocycles. The van der Waals surface area contributed by atoms with Crippen molar-refractivity contribution >= 4 is 11.8 Å². The minimum Gasteiger partial charge on any atom is -0.340 e. The molecule has 0 bridgehead atoms. The van der Waals surface area contributed by atoms with Crippen molar-refractivity contribution in [1.29, 1.82) is 0 Å². The van der Waals surface area contributed by atoms with Gasteiger partial charge in [-0.1, -0.05) is 26.2 Å². The highest BCUT2D eigenvalue weighted by Crippen LogP contribution is 2.34. The number of nitrogens with one attached hydrogen (secondary N) is 1. The summed E-state index contributed by atoms with van der Waals surface area (Å²) in [6.45, 7) is 1.08. The number of halogens is 2. The van der Waals surface area contributed by atoms with Crippen molar-refractivity contribution in [3.05, 3.63) is 0 Å². The first kappa shape index (κ1) is 14.2. The van der Waals surface area contributed by atoms with E-state index in [4.69, 9.17) is 0 Å². The summed E-state index contributed by atoms with van der Waals surface area (Å²) in [4.78, 5) is 25.7. The highest BCUT2D eigenvalue weighted by Gasteiger charge is 2.50. The first-order valence-corrected chi connectivity index (χ1v) is 6.91. The number of hydrogen-bond acceptors (Lipinski definition) is 2. The zero-order chi connectivity index (χ0) is 14.0. The Morgan fingerprint density at radius 1 is 1.32 bits per heavy atom. The van der Waals surface area contributed by atoms with Gasteiger partial charge in [-0.15, -0.1) is 0 Å². The standard InChI is InChI=1S/C13H20F2N2O2/c1-2-9-11(18)16-13(6-4-3-5-7-13)12(19)17(9)8-10(14)15/h9-10H,2-8H2,1H3,(H,16,18). The third-order valence-corrected chi connectivity index (χ3v) is 4.14. The van der Waals surface area contributed by atoms with Crippen LogP contribution in [0.3, 0.4) is 0 Å². The second-order valence-electron chi connectivity index (χ2n) is 5.40. The second kappa shape index (κ2) is 5.43. The maximum Gasteiger partial charge on any atom is 0.255 e. The summed E-state index contributed by atoms with van der Waals surface area (Å²) >= 11 is 0. The van der Waals surface area contributed by atoms with Crippen molar-refractivity contribution in [2.45, 2.75) is 63.5 Å². The van der Waals surface area contributed by atoms with Crippen molar-refractivity contribution in [3.8, 4) is 0 Å². The van der Waals surface area contributed by atoms with Gasteiger partial charge in [0, 0.05) is 0 Å². The largest absolute Gasteiger partial charge is 0.340 e. The van der Waals surface area contributed by atoms with Gasteiger partial charge in [-0.25, -0.2) is 8.78 Å². The zero-order valence-corrected chi connectivity index (χ0v) is 11.1. The quantitative estimate of drug-likeness (QED) is 0.851. The van der Waals surface area contributed by atoms with E-state index in [1.807, 2.05) is 0 Å². The molecule has 1 spiro atoms. The molecular formula is C13H20F2N2O2. The van der Waals surface area contributed by atoms with E-state index >= 15 is 0 Å². The van der Waals surface area contributed by atoms with Crippen molar-refractivity contribution in [2.75, 3.05) is 6.54 Å². The number of rotatable bonds is 3. The van der Waals surface area contributed by atoms with Gasteiger partial charge in [0.05, 0.1) is 6.54 Å². The Hall–Kier alpha value is -1.20. The molecule has 2 rings (SSSR count). The lowest BCUT2D eigenvalue weighted by molar-refractivity contribution is -0.159. The van der Waals surface area contributed by atoms with Crippen molar-refractivity contribution in [1.82, 2.24) is 10.2 Å². The van der Waals surface area contributed by atoms with Gasteiger partial charge >= 0.3 is 0 Å². The molecule has 1 atom stereocenters. The molecule has 2 amide bonds. The van der Waals surface area contributed by atoms with Crippen LogP contribution in [0.4, 0.5) is 8.78 Å². The maximum atomic E-state index is 12.7. The Balaban J connectivity index is 2.26. The van der Waals surface area contributed by atoms with Crippen molar-refractivity contribution in [3.63, 3.8) is 0 Å². The summed E-state index contributed by atoms with van der Waals surface area (Å²) in [5.74, 6) is -0.608. The van der Waals surface area contributed by atoms with E-state index in [2.05, 4.69) is 5.32 Å². The third kappa shape index (κ3) is 2.58. The van der Waals surface area contributed by atoms with Crippen LogP contribution in [0.1, 0.15) is 45.4 Å². The Labute approximate surface area is 111 Å². The van der Waals surface area contributed by atoms with Crippen LogP contribution in [0.2, 0.25) is 0 Å². The third-order valence-electron chi connectivity index (χ3n) is 4.14. The van der Waals surface area contributed by atoms with E-state index in [0.29, 0.717) is 19.3 Å². The normalized spacial score (nSPS) is 26.9.